The van der Waals surface area contributed by atoms with Crippen LogP contribution in [-0.2, 0) is 6.18 Å². The van der Waals surface area contributed by atoms with Gasteiger partial charge in [-0.3, -0.25) is 5.10 Å². The number of rotatable bonds is 2. The second-order valence-corrected chi connectivity index (χ2v) is 4.51. The average molecular weight is 271 g/mol. The number of benzene rings is 1. The first-order valence-electron chi connectivity index (χ1n) is 5.74. The molecule has 0 unspecified atom stereocenters. The summed E-state index contributed by atoms with van der Waals surface area (Å²) in [6.45, 7) is 0. The van der Waals surface area contributed by atoms with Gasteiger partial charge in [0.1, 0.15) is 11.6 Å². The van der Waals surface area contributed by atoms with E-state index in [1.54, 1.807) is 0 Å². The van der Waals surface area contributed by atoms with Crippen molar-refractivity contribution in [2.45, 2.75) is 24.9 Å². The molecular formula is C12H9F4N3. The first-order chi connectivity index (χ1) is 8.95. The molecule has 1 saturated carbocycles. The summed E-state index contributed by atoms with van der Waals surface area (Å²) in [4.78, 5) is 4.14. The minimum atomic E-state index is -4.73. The Morgan fingerprint density at radius 2 is 1.95 bits per heavy atom. The summed E-state index contributed by atoms with van der Waals surface area (Å²) in [6, 6.07) is 2.75. The first-order valence-corrected chi connectivity index (χ1v) is 5.74. The van der Waals surface area contributed by atoms with Crippen molar-refractivity contribution in [3.05, 3.63) is 35.4 Å². The Morgan fingerprint density at radius 3 is 2.58 bits per heavy atom. The van der Waals surface area contributed by atoms with Gasteiger partial charge in [0.25, 0.3) is 0 Å². The Labute approximate surface area is 105 Å². The molecule has 100 valence electrons. The summed E-state index contributed by atoms with van der Waals surface area (Å²) in [6.07, 6.45) is -2.71. The van der Waals surface area contributed by atoms with Crippen molar-refractivity contribution >= 4 is 0 Å². The van der Waals surface area contributed by atoms with Crippen LogP contribution < -0.4 is 0 Å². The predicted octanol–water partition coefficient (Wildman–Crippen LogP) is 3.51. The molecule has 0 atom stereocenters. The predicted molar refractivity (Wildman–Crippen MR) is 58.8 cm³/mol. The fraction of sp³-hybridized carbons (Fsp3) is 0.333. The number of H-pyrrole nitrogens is 1. The van der Waals surface area contributed by atoms with Gasteiger partial charge in [0.15, 0.2) is 5.82 Å². The van der Waals surface area contributed by atoms with E-state index in [0.29, 0.717) is 11.7 Å². The highest BCUT2D eigenvalue weighted by molar-refractivity contribution is 5.56. The van der Waals surface area contributed by atoms with Gasteiger partial charge in [-0.2, -0.15) is 18.3 Å². The number of hydrogen-bond acceptors (Lipinski definition) is 2. The SMILES string of the molecule is Fc1ccc(-c2n[nH]c(C3CC3)n2)cc1C(F)(F)F. The van der Waals surface area contributed by atoms with E-state index in [9.17, 15) is 17.6 Å². The number of nitrogens with one attached hydrogen (secondary N) is 1. The van der Waals surface area contributed by atoms with Crippen molar-refractivity contribution in [2.75, 3.05) is 0 Å². The third kappa shape index (κ3) is 2.32. The van der Waals surface area contributed by atoms with E-state index in [4.69, 9.17) is 0 Å². The number of alkyl halides is 3. The quantitative estimate of drug-likeness (QED) is 0.849. The zero-order valence-corrected chi connectivity index (χ0v) is 9.63. The molecule has 2 aromatic rings. The average Bonchev–Trinajstić information content (AvgIpc) is 3.07. The van der Waals surface area contributed by atoms with Crippen LogP contribution >= 0.6 is 0 Å². The maximum atomic E-state index is 13.2. The molecule has 1 N–H and O–H groups in total. The second kappa shape index (κ2) is 4.04. The van der Waals surface area contributed by atoms with E-state index in [2.05, 4.69) is 15.2 Å². The molecule has 1 aliphatic carbocycles. The molecule has 1 aromatic carbocycles. The molecule has 0 spiro atoms. The second-order valence-electron chi connectivity index (χ2n) is 4.51. The van der Waals surface area contributed by atoms with Gasteiger partial charge >= 0.3 is 6.18 Å². The molecule has 0 bridgehead atoms. The molecule has 1 heterocycles. The van der Waals surface area contributed by atoms with Crippen LogP contribution in [0.1, 0.15) is 30.1 Å². The van der Waals surface area contributed by atoms with Crippen LogP contribution in [0.3, 0.4) is 0 Å². The fourth-order valence-electron chi connectivity index (χ4n) is 1.82. The minimum absolute atomic E-state index is 0.150. The molecule has 0 aliphatic heterocycles. The van der Waals surface area contributed by atoms with Crippen LogP contribution in [0.2, 0.25) is 0 Å². The van der Waals surface area contributed by atoms with Gasteiger partial charge < -0.3 is 0 Å². The van der Waals surface area contributed by atoms with Gasteiger partial charge in [0, 0.05) is 11.5 Å². The molecule has 1 fully saturated rings. The molecule has 3 nitrogen and oxygen atoms in total. The van der Waals surface area contributed by atoms with Gasteiger partial charge in [-0.25, -0.2) is 9.37 Å². The standard InChI is InChI=1S/C12H9F4N3/c13-9-4-3-7(5-8(9)12(14,15)16)11-17-10(18-19-11)6-1-2-6/h3-6H,1-2H2,(H,17,18,19). The summed E-state index contributed by atoms with van der Waals surface area (Å²) in [5.74, 6) is -0.140. The molecule has 7 heteroatoms. The summed E-state index contributed by atoms with van der Waals surface area (Å²) in [5, 5.41) is 6.58. The summed E-state index contributed by atoms with van der Waals surface area (Å²) >= 11 is 0. The van der Waals surface area contributed by atoms with Crippen molar-refractivity contribution < 1.29 is 17.6 Å². The normalized spacial score (nSPS) is 15.8. The van der Waals surface area contributed by atoms with E-state index < -0.39 is 17.6 Å². The Bertz CT molecular complexity index is 614. The number of hydrogen-bond donors (Lipinski definition) is 1. The van der Waals surface area contributed by atoms with Crippen molar-refractivity contribution in [1.29, 1.82) is 0 Å². The van der Waals surface area contributed by atoms with Crippen molar-refractivity contribution in [2.24, 2.45) is 0 Å². The van der Waals surface area contributed by atoms with Crippen molar-refractivity contribution in [1.82, 2.24) is 15.2 Å². The largest absolute Gasteiger partial charge is 0.419 e. The van der Waals surface area contributed by atoms with E-state index in [0.717, 1.165) is 25.0 Å². The van der Waals surface area contributed by atoms with E-state index >= 15 is 0 Å². The van der Waals surface area contributed by atoms with Crippen LogP contribution in [-0.4, -0.2) is 15.2 Å². The van der Waals surface area contributed by atoms with Crippen LogP contribution in [0.25, 0.3) is 11.4 Å². The van der Waals surface area contributed by atoms with Crippen molar-refractivity contribution in [3.8, 4) is 11.4 Å². The van der Waals surface area contributed by atoms with Gasteiger partial charge in [-0.15, -0.1) is 0 Å². The summed E-state index contributed by atoms with van der Waals surface area (Å²) in [7, 11) is 0. The number of aromatic nitrogens is 3. The molecule has 0 radical (unpaired) electrons. The zero-order chi connectivity index (χ0) is 13.6. The van der Waals surface area contributed by atoms with Gasteiger partial charge in [-0.1, -0.05) is 0 Å². The Kier molecular flexibility index (Phi) is 2.58. The first kappa shape index (κ1) is 12.1. The van der Waals surface area contributed by atoms with E-state index in [1.165, 1.54) is 6.07 Å². The molecule has 3 rings (SSSR count). The molecule has 1 aromatic heterocycles. The third-order valence-corrected chi connectivity index (χ3v) is 3.00. The number of nitrogens with zero attached hydrogens (tertiary/aromatic N) is 2. The highest BCUT2D eigenvalue weighted by atomic mass is 19.4. The van der Waals surface area contributed by atoms with Gasteiger partial charge in [0.05, 0.1) is 5.56 Å². The van der Waals surface area contributed by atoms with Crippen LogP contribution in [0.4, 0.5) is 17.6 Å². The molecule has 19 heavy (non-hydrogen) atoms. The minimum Gasteiger partial charge on any atom is -0.262 e. The summed E-state index contributed by atoms with van der Waals surface area (Å²) < 4.78 is 51.0. The molecule has 1 aliphatic rings. The highest BCUT2D eigenvalue weighted by Crippen LogP contribution is 2.39. The third-order valence-electron chi connectivity index (χ3n) is 3.00. The Hall–Kier alpha value is -1.92. The highest BCUT2D eigenvalue weighted by Gasteiger charge is 2.34. The molecule has 0 saturated heterocycles. The smallest absolute Gasteiger partial charge is 0.262 e. The number of aromatic amines is 1. The lowest BCUT2D eigenvalue weighted by Crippen LogP contribution is -2.08. The molecular weight excluding hydrogens is 262 g/mol. The Morgan fingerprint density at radius 1 is 1.21 bits per heavy atom. The topological polar surface area (TPSA) is 41.6 Å². The van der Waals surface area contributed by atoms with Gasteiger partial charge in [-0.05, 0) is 31.0 Å². The lowest BCUT2D eigenvalue weighted by Gasteiger charge is -2.08. The Balaban J connectivity index is 1.99. The van der Waals surface area contributed by atoms with Crippen LogP contribution in [0, 0.1) is 5.82 Å². The lowest BCUT2D eigenvalue weighted by atomic mass is 10.1. The molecule has 0 amide bonds. The van der Waals surface area contributed by atoms with Crippen molar-refractivity contribution in [3.63, 3.8) is 0 Å². The van der Waals surface area contributed by atoms with E-state index in [-0.39, 0.29) is 11.4 Å². The van der Waals surface area contributed by atoms with Crippen LogP contribution in [0.15, 0.2) is 18.2 Å². The summed E-state index contributed by atoms with van der Waals surface area (Å²) in [5.41, 5.74) is -1.15. The lowest BCUT2D eigenvalue weighted by molar-refractivity contribution is -0.139. The monoisotopic (exact) mass is 271 g/mol. The van der Waals surface area contributed by atoms with Gasteiger partial charge in [0.2, 0.25) is 0 Å². The fourth-order valence-corrected chi connectivity index (χ4v) is 1.82. The number of halogens is 4. The van der Waals surface area contributed by atoms with Crippen LogP contribution in [0.5, 0.6) is 0 Å². The van der Waals surface area contributed by atoms with E-state index in [1.807, 2.05) is 0 Å². The maximum Gasteiger partial charge on any atom is 0.419 e. The zero-order valence-electron chi connectivity index (χ0n) is 9.63. The maximum absolute atomic E-state index is 13.2.